The summed E-state index contributed by atoms with van der Waals surface area (Å²) in [7, 11) is 1.64. The van der Waals surface area contributed by atoms with E-state index in [0.29, 0.717) is 6.54 Å². The summed E-state index contributed by atoms with van der Waals surface area (Å²) in [6.45, 7) is 4.54. The predicted molar refractivity (Wildman–Crippen MR) is 88.8 cm³/mol. The van der Waals surface area contributed by atoms with Crippen molar-refractivity contribution < 1.29 is 9.53 Å². The van der Waals surface area contributed by atoms with Crippen LogP contribution in [0.15, 0.2) is 29.2 Å². The lowest BCUT2D eigenvalue weighted by atomic mass is 10.1. The highest BCUT2D eigenvalue weighted by atomic mass is 32.2. The summed E-state index contributed by atoms with van der Waals surface area (Å²) in [5, 5.41) is 2.89. The van der Waals surface area contributed by atoms with Crippen molar-refractivity contribution in [1.29, 1.82) is 0 Å². The van der Waals surface area contributed by atoms with E-state index < -0.39 is 0 Å². The summed E-state index contributed by atoms with van der Waals surface area (Å²) in [6, 6.07) is 7.81. The Balaban J connectivity index is 2.48. The molecule has 0 aliphatic rings. The van der Waals surface area contributed by atoms with Crippen molar-refractivity contribution >= 4 is 17.7 Å². The van der Waals surface area contributed by atoms with Crippen LogP contribution in [0.2, 0.25) is 0 Å². The van der Waals surface area contributed by atoms with Crippen molar-refractivity contribution in [2.24, 2.45) is 5.73 Å². The standard InChI is InChI=1S/C16H26N2O2S/c1-4-5-6-13(11-17)18-16(19)12(2)21-15-9-7-14(20-3)8-10-15/h7-10,12-13H,4-6,11,17H2,1-3H3,(H,18,19). The Morgan fingerprint density at radius 3 is 2.57 bits per heavy atom. The predicted octanol–water partition coefficient (Wildman–Crippen LogP) is 2.81. The zero-order chi connectivity index (χ0) is 15.7. The minimum absolute atomic E-state index is 0.0439. The van der Waals surface area contributed by atoms with E-state index in [2.05, 4.69) is 12.2 Å². The maximum atomic E-state index is 12.2. The van der Waals surface area contributed by atoms with Crippen molar-refractivity contribution in [3.8, 4) is 5.75 Å². The average Bonchev–Trinajstić information content (AvgIpc) is 2.51. The molecule has 0 spiro atoms. The van der Waals surface area contributed by atoms with Crippen LogP contribution in [0.25, 0.3) is 0 Å². The maximum Gasteiger partial charge on any atom is 0.233 e. The lowest BCUT2D eigenvalue weighted by Crippen LogP contribution is -2.43. The summed E-state index contributed by atoms with van der Waals surface area (Å²) in [5.74, 6) is 0.863. The summed E-state index contributed by atoms with van der Waals surface area (Å²) >= 11 is 1.54. The minimum atomic E-state index is -0.144. The molecule has 21 heavy (non-hydrogen) atoms. The molecule has 0 bridgehead atoms. The van der Waals surface area contributed by atoms with Crippen LogP contribution in [-0.2, 0) is 4.79 Å². The number of nitrogens with one attached hydrogen (secondary N) is 1. The van der Waals surface area contributed by atoms with Gasteiger partial charge >= 0.3 is 0 Å². The van der Waals surface area contributed by atoms with Crippen LogP contribution in [0.3, 0.4) is 0 Å². The van der Waals surface area contributed by atoms with Gasteiger partial charge in [0.05, 0.1) is 12.4 Å². The highest BCUT2D eigenvalue weighted by Gasteiger charge is 2.17. The van der Waals surface area contributed by atoms with E-state index in [4.69, 9.17) is 10.5 Å². The maximum absolute atomic E-state index is 12.2. The molecular weight excluding hydrogens is 284 g/mol. The van der Waals surface area contributed by atoms with Gasteiger partial charge in [-0.15, -0.1) is 11.8 Å². The zero-order valence-electron chi connectivity index (χ0n) is 13.1. The van der Waals surface area contributed by atoms with Gasteiger partial charge < -0.3 is 15.8 Å². The molecule has 118 valence electrons. The number of ether oxygens (including phenoxy) is 1. The molecule has 0 saturated heterocycles. The van der Waals surface area contributed by atoms with Crippen molar-refractivity contribution in [1.82, 2.24) is 5.32 Å². The molecule has 0 aliphatic heterocycles. The topological polar surface area (TPSA) is 64.3 Å². The van der Waals surface area contributed by atoms with E-state index in [9.17, 15) is 4.79 Å². The van der Waals surface area contributed by atoms with Crippen molar-refractivity contribution in [2.45, 2.75) is 49.3 Å². The molecule has 1 rings (SSSR count). The van der Waals surface area contributed by atoms with E-state index >= 15 is 0 Å². The number of hydrogen-bond acceptors (Lipinski definition) is 4. The third-order valence-corrected chi connectivity index (χ3v) is 4.39. The van der Waals surface area contributed by atoms with E-state index in [1.165, 1.54) is 11.8 Å². The first-order valence-electron chi connectivity index (χ1n) is 7.41. The number of unbranched alkanes of at least 4 members (excludes halogenated alkanes) is 1. The molecule has 0 aliphatic carbocycles. The van der Waals surface area contributed by atoms with Crippen molar-refractivity contribution in [3.63, 3.8) is 0 Å². The molecule has 1 aromatic carbocycles. The Morgan fingerprint density at radius 2 is 2.05 bits per heavy atom. The normalized spacial score (nSPS) is 13.5. The highest BCUT2D eigenvalue weighted by Crippen LogP contribution is 2.25. The van der Waals surface area contributed by atoms with Crippen LogP contribution in [0.4, 0.5) is 0 Å². The quantitative estimate of drug-likeness (QED) is 0.688. The van der Waals surface area contributed by atoms with Crippen molar-refractivity contribution in [3.05, 3.63) is 24.3 Å². The lowest BCUT2D eigenvalue weighted by molar-refractivity contribution is -0.121. The van der Waals surface area contributed by atoms with E-state index in [1.54, 1.807) is 7.11 Å². The number of carbonyl (C=O) groups excluding carboxylic acids is 1. The Hall–Kier alpha value is -1.20. The van der Waals surface area contributed by atoms with E-state index in [-0.39, 0.29) is 17.2 Å². The lowest BCUT2D eigenvalue weighted by Gasteiger charge is -2.19. The van der Waals surface area contributed by atoms with Crippen LogP contribution in [0.5, 0.6) is 5.75 Å². The molecule has 0 saturated carbocycles. The minimum Gasteiger partial charge on any atom is -0.497 e. The first kappa shape index (κ1) is 17.9. The Labute approximate surface area is 131 Å². The van der Waals surface area contributed by atoms with Crippen LogP contribution in [0.1, 0.15) is 33.1 Å². The van der Waals surface area contributed by atoms with Gasteiger partial charge in [-0.3, -0.25) is 4.79 Å². The number of hydrogen-bond donors (Lipinski definition) is 2. The molecule has 2 atom stereocenters. The van der Waals surface area contributed by atoms with Gasteiger partial charge in [-0.25, -0.2) is 0 Å². The molecule has 1 amide bonds. The van der Waals surface area contributed by atoms with Gasteiger partial charge in [0.2, 0.25) is 5.91 Å². The van der Waals surface area contributed by atoms with Gasteiger partial charge in [-0.1, -0.05) is 19.8 Å². The fourth-order valence-corrected chi connectivity index (χ4v) is 2.81. The monoisotopic (exact) mass is 310 g/mol. The van der Waals surface area contributed by atoms with E-state index in [0.717, 1.165) is 29.9 Å². The largest absolute Gasteiger partial charge is 0.497 e. The number of methoxy groups -OCH3 is 1. The highest BCUT2D eigenvalue weighted by molar-refractivity contribution is 8.00. The average molecular weight is 310 g/mol. The molecule has 1 aromatic rings. The van der Waals surface area contributed by atoms with Gasteiger partial charge in [0.15, 0.2) is 0 Å². The van der Waals surface area contributed by atoms with Gasteiger partial charge in [0.1, 0.15) is 5.75 Å². The fourth-order valence-electron chi connectivity index (χ4n) is 1.93. The van der Waals surface area contributed by atoms with Crippen molar-refractivity contribution in [2.75, 3.05) is 13.7 Å². The van der Waals surface area contributed by atoms with Crippen LogP contribution in [0, 0.1) is 0 Å². The van der Waals surface area contributed by atoms with Gasteiger partial charge in [0, 0.05) is 17.5 Å². The van der Waals surface area contributed by atoms with Gasteiger partial charge in [-0.2, -0.15) is 0 Å². The second kappa shape index (κ2) is 9.68. The molecule has 3 N–H and O–H groups in total. The van der Waals surface area contributed by atoms with Gasteiger partial charge in [0.25, 0.3) is 0 Å². The summed E-state index contributed by atoms with van der Waals surface area (Å²) in [4.78, 5) is 13.2. The molecule has 0 aromatic heterocycles. The summed E-state index contributed by atoms with van der Waals surface area (Å²) in [5.41, 5.74) is 5.71. The first-order chi connectivity index (χ1) is 10.1. The second-order valence-corrected chi connectivity index (χ2v) is 6.43. The van der Waals surface area contributed by atoms with Gasteiger partial charge in [-0.05, 0) is 37.6 Å². The molecule has 0 radical (unpaired) electrons. The SMILES string of the molecule is CCCCC(CN)NC(=O)C(C)Sc1ccc(OC)cc1. The Morgan fingerprint density at radius 1 is 1.38 bits per heavy atom. The number of benzene rings is 1. The van der Waals surface area contributed by atoms with Crippen LogP contribution in [-0.4, -0.2) is 30.9 Å². The third kappa shape index (κ3) is 6.40. The molecule has 2 unspecified atom stereocenters. The molecule has 0 heterocycles. The number of rotatable bonds is 9. The van der Waals surface area contributed by atoms with Crippen LogP contribution < -0.4 is 15.8 Å². The second-order valence-electron chi connectivity index (χ2n) is 5.02. The number of nitrogens with two attached hydrogens (primary N) is 1. The van der Waals surface area contributed by atoms with E-state index in [1.807, 2.05) is 31.2 Å². The number of thioether (sulfide) groups is 1. The molecule has 4 nitrogen and oxygen atoms in total. The van der Waals surface area contributed by atoms with Crippen LogP contribution >= 0.6 is 11.8 Å². The number of carbonyl (C=O) groups is 1. The third-order valence-electron chi connectivity index (χ3n) is 3.28. The summed E-state index contributed by atoms with van der Waals surface area (Å²) < 4.78 is 5.12. The summed E-state index contributed by atoms with van der Waals surface area (Å²) in [6.07, 6.45) is 3.14. The molecular formula is C16H26N2O2S. The Kier molecular flexibility index (Phi) is 8.23. The first-order valence-corrected chi connectivity index (χ1v) is 8.29. The Bertz CT molecular complexity index is 423. The zero-order valence-corrected chi connectivity index (χ0v) is 13.9. The smallest absolute Gasteiger partial charge is 0.233 e. The molecule has 5 heteroatoms. The fraction of sp³-hybridized carbons (Fsp3) is 0.562. The number of amides is 1. The molecule has 0 fully saturated rings.